The van der Waals surface area contributed by atoms with E-state index in [4.69, 9.17) is 11.6 Å². The highest BCUT2D eigenvalue weighted by atomic mass is 35.5. The highest BCUT2D eigenvalue weighted by molar-refractivity contribution is 6.30. The third-order valence-corrected chi connectivity index (χ3v) is 5.09. The molecule has 0 spiro atoms. The number of aliphatic hydroxyl groups is 1. The van der Waals surface area contributed by atoms with Crippen LogP contribution in [0.25, 0.3) is 0 Å². The molecule has 1 heterocycles. The molecule has 4 rings (SSSR count). The van der Waals surface area contributed by atoms with Crippen molar-refractivity contribution in [3.8, 4) is 0 Å². The van der Waals surface area contributed by atoms with Gasteiger partial charge in [0.1, 0.15) is 0 Å². The summed E-state index contributed by atoms with van der Waals surface area (Å²) in [6.07, 6.45) is 0. The zero-order chi connectivity index (χ0) is 19.0. The Kier molecular flexibility index (Phi) is 4.38. The SMILES string of the molecule is Cc1ccc(N2CC(O)(c3ccccc3)N(c3ccc(Cl)cc3)C2=O)cc1. The van der Waals surface area contributed by atoms with E-state index in [1.165, 1.54) is 4.90 Å². The van der Waals surface area contributed by atoms with Crippen LogP contribution in [0.5, 0.6) is 0 Å². The van der Waals surface area contributed by atoms with E-state index < -0.39 is 5.72 Å². The van der Waals surface area contributed by atoms with Crippen molar-refractivity contribution in [2.24, 2.45) is 0 Å². The predicted octanol–water partition coefficient (Wildman–Crippen LogP) is 4.94. The van der Waals surface area contributed by atoms with Gasteiger partial charge in [-0.1, -0.05) is 59.6 Å². The number of rotatable bonds is 3. The van der Waals surface area contributed by atoms with E-state index in [1.807, 2.05) is 61.5 Å². The molecule has 3 aromatic rings. The number of carbonyl (C=O) groups is 1. The van der Waals surface area contributed by atoms with Crippen LogP contribution in [0.3, 0.4) is 0 Å². The average Bonchev–Trinajstić information content (AvgIpc) is 2.96. The summed E-state index contributed by atoms with van der Waals surface area (Å²) in [6.45, 7) is 2.12. The number of hydrogen-bond acceptors (Lipinski definition) is 2. The Morgan fingerprint density at radius 3 is 2.11 bits per heavy atom. The van der Waals surface area contributed by atoms with Gasteiger partial charge in [-0.15, -0.1) is 0 Å². The van der Waals surface area contributed by atoms with E-state index in [2.05, 4.69) is 0 Å². The predicted molar refractivity (Wildman–Crippen MR) is 108 cm³/mol. The van der Waals surface area contributed by atoms with Gasteiger partial charge in [-0.25, -0.2) is 4.79 Å². The van der Waals surface area contributed by atoms with E-state index >= 15 is 0 Å². The molecular formula is C22H19ClN2O2. The van der Waals surface area contributed by atoms with Gasteiger partial charge in [0, 0.05) is 22.0 Å². The van der Waals surface area contributed by atoms with Gasteiger partial charge in [-0.2, -0.15) is 0 Å². The first kappa shape index (κ1) is 17.6. The molecule has 1 unspecified atom stereocenters. The maximum Gasteiger partial charge on any atom is 0.331 e. The summed E-state index contributed by atoms with van der Waals surface area (Å²) in [4.78, 5) is 16.4. The summed E-state index contributed by atoms with van der Waals surface area (Å²) in [5.74, 6) is 0. The quantitative estimate of drug-likeness (QED) is 0.701. The monoisotopic (exact) mass is 378 g/mol. The molecule has 1 aliphatic rings. The molecule has 1 atom stereocenters. The van der Waals surface area contributed by atoms with Gasteiger partial charge in [0.25, 0.3) is 0 Å². The third kappa shape index (κ3) is 3.07. The number of aryl methyl sites for hydroxylation is 1. The van der Waals surface area contributed by atoms with Gasteiger partial charge in [0.05, 0.1) is 6.54 Å². The number of urea groups is 1. The molecular weight excluding hydrogens is 360 g/mol. The van der Waals surface area contributed by atoms with Crippen molar-refractivity contribution in [3.05, 3.63) is 95.0 Å². The van der Waals surface area contributed by atoms with Crippen molar-refractivity contribution in [2.45, 2.75) is 12.6 Å². The Balaban J connectivity index is 1.83. The van der Waals surface area contributed by atoms with E-state index in [1.54, 1.807) is 29.2 Å². The number of benzene rings is 3. The first-order valence-electron chi connectivity index (χ1n) is 8.71. The minimum absolute atomic E-state index is 0.127. The minimum Gasteiger partial charge on any atom is -0.365 e. The fourth-order valence-electron chi connectivity index (χ4n) is 3.40. The average molecular weight is 379 g/mol. The van der Waals surface area contributed by atoms with Crippen LogP contribution in [0.15, 0.2) is 78.9 Å². The second-order valence-corrected chi connectivity index (χ2v) is 7.14. The summed E-state index contributed by atoms with van der Waals surface area (Å²) >= 11 is 6.01. The standard InChI is InChI=1S/C22H19ClN2O2/c1-16-7-11-19(12-8-16)24-15-22(27,17-5-3-2-4-6-17)25(21(24)26)20-13-9-18(23)10-14-20/h2-14,27H,15H2,1H3. The molecule has 1 fully saturated rings. The number of nitrogens with zero attached hydrogens (tertiary/aromatic N) is 2. The maximum atomic E-state index is 13.3. The van der Waals surface area contributed by atoms with Gasteiger partial charge in [-0.3, -0.25) is 9.80 Å². The summed E-state index contributed by atoms with van der Waals surface area (Å²) in [6, 6.07) is 23.6. The van der Waals surface area contributed by atoms with Crippen molar-refractivity contribution in [3.63, 3.8) is 0 Å². The minimum atomic E-state index is -1.49. The third-order valence-electron chi connectivity index (χ3n) is 4.84. The topological polar surface area (TPSA) is 43.8 Å². The molecule has 0 bridgehead atoms. The number of halogens is 1. The second-order valence-electron chi connectivity index (χ2n) is 6.70. The molecule has 0 aromatic heterocycles. The lowest BCUT2D eigenvalue weighted by molar-refractivity contribution is 0.0655. The van der Waals surface area contributed by atoms with Gasteiger partial charge >= 0.3 is 6.03 Å². The van der Waals surface area contributed by atoms with Crippen LogP contribution in [-0.4, -0.2) is 17.7 Å². The molecule has 3 aromatic carbocycles. The summed E-state index contributed by atoms with van der Waals surface area (Å²) in [5.41, 5.74) is 1.61. The second kappa shape index (κ2) is 6.72. The maximum absolute atomic E-state index is 13.3. The molecule has 1 saturated heterocycles. The summed E-state index contributed by atoms with van der Waals surface area (Å²) in [7, 11) is 0. The highest BCUT2D eigenvalue weighted by Crippen LogP contribution is 2.40. The Bertz CT molecular complexity index is 958. The lowest BCUT2D eigenvalue weighted by Gasteiger charge is -2.32. The lowest BCUT2D eigenvalue weighted by atomic mass is 10.0. The fourth-order valence-corrected chi connectivity index (χ4v) is 3.53. The van der Waals surface area contributed by atoms with Crippen LogP contribution < -0.4 is 9.80 Å². The molecule has 136 valence electrons. The van der Waals surface area contributed by atoms with Crippen LogP contribution in [0.2, 0.25) is 5.02 Å². The molecule has 0 aliphatic carbocycles. The van der Waals surface area contributed by atoms with Crippen LogP contribution in [0.1, 0.15) is 11.1 Å². The lowest BCUT2D eigenvalue weighted by Crippen LogP contribution is -2.44. The normalized spacial score (nSPS) is 19.6. The first-order chi connectivity index (χ1) is 13.0. The van der Waals surface area contributed by atoms with E-state index in [0.717, 1.165) is 11.3 Å². The number of amides is 2. The molecule has 1 aliphatic heterocycles. The zero-order valence-corrected chi connectivity index (χ0v) is 15.6. The van der Waals surface area contributed by atoms with Crippen molar-refractivity contribution in [1.82, 2.24) is 0 Å². The van der Waals surface area contributed by atoms with Crippen molar-refractivity contribution < 1.29 is 9.90 Å². The molecule has 27 heavy (non-hydrogen) atoms. The van der Waals surface area contributed by atoms with Gasteiger partial charge in [0.2, 0.25) is 0 Å². The number of carbonyl (C=O) groups excluding carboxylic acids is 1. The van der Waals surface area contributed by atoms with Crippen LogP contribution >= 0.6 is 11.6 Å². The Hall–Kier alpha value is -2.82. The van der Waals surface area contributed by atoms with Crippen LogP contribution in [0, 0.1) is 6.92 Å². The first-order valence-corrected chi connectivity index (χ1v) is 9.09. The molecule has 0 saturated carbocycles. The van der Waals surface area contributed by atoms with Gasteiger partial charge < -0.3 is 5.11 Å². The largest absolute Gasteiger partial charge is 0.365 e. The molecule has 2 amide bonds. The van der Waals surface area contributed by atoms with Crippen molar-refractivity contribution in [2.75, 3.05) is 16.3 Å². The Morgan fingerprint density at radius 2 is 1.48 bits per heavy atom. The molecule has 1 N–H and O–H groups in total. The Morgan fingerprint density at radius 1 is 0.889 bits per heavy atom. The number of anilines is 2. The highest BCUT2D eigenvalue weighted by Gasteiger charge is 2.51. The van der Waals surface area contributed by atoms with Gasteiger partial charge in [0.15, 0.2) is 5.72 Å². The molecule has 4 nitrogen and oxygen atoms in total. The summed E-state index contributed by atoms with van der Waals surface area (Å²) in [5, 5.41) is 12.2. The smallest absolute Gasteiger partial charge is 0.331 e. The molecule has 0 radical (unpaired) electrons. The van der Waals surface area contributed by atoms with E-state index in [9.17, 15) is 9.90 Å². The van der Waals surface area contributed by atoms with Gasteiger partial charge in [-0.05, 0) is 43.3 Å². The van der Waals surface area contributed by atoms with E-state index in [-0.39, 0.29) is 12.6 Å². The van der Waals surface area contributed by atoms with Crippen LogP contribution in [-0.2, 0) is 5.72 Å². The Labute approximate surface area is 163 Å². The van der Waals surface area contributed by atoms with Crippen molar-refractivity contribution >= 4 is 29.0 Å². The van der Waals surface area contributed by atoms with Crippen LogP contribution in [0.4, 0.5) is 16.2 Å². The van der Waals surface area contributed by atoms with E-state index in [0.29, 0.717) is 16.3 Å². The van der Waals surface area contributed by atoms with Crippen molar-refractivity contribution in [1.29, 1.82) is 0 Å². The fraction of sp³-hybridized carbons (Fsp3) is 0.136. The number of hydrogen-bond donors (Lipinski definition) is 1. The number of β-amino-alcohol motifs (C(OH)–C–C–N with tert-alkyl or cyclic N) is 1. The molecule has 5 heteroatoms. The zero-order valence-electron chi connectivity index (χ0n) is 14.8. The summed E-state index contributed by atoms with van der Waals surface area (Å²) < 4.78 is 0.